The Hall–Kier alpha value is -2.87. The van der Waals surface area contributed by atoms with Crippen molar-refractivity contribution in [3.05, 3.63) is 70.2 Å². The van der Waals surface area contributed by atoms with Crippen LogP contribution in [0, 0.1) is 6.92 Å². The van der Waals surface area contributed by atoms with E-state index in [1.807, 2.05) is 31.2 Å². The largest absolute Gasteiger partial charge is 0.481 e. The molecule has 3 aromatic rings. The van der Waals surface area contributed by atoms with Crippen molar-refractivity contribution >= 4 is 23.0 Å². The molecule has 0 atom stereocenters. The molecule has 8 heteroatoms. The highest BCUT2D eigenvalue weighted by Crippen LogP contribution is 2.33. The van der Waals surface area contributed by atoms with E-state index in [4.69, 9.17) is 5.11 Å². The Balaban J connectivity index is 1.60. The van der Waals surface area contributed by atoms with Gasteiger partial charge in [0.2, 0.25) is 0 Å². The summed E-state index contributed by atoms with van der Waals surface area (Å²) in [5.74, 6) is -0.788. The Labute approximate surface area is 176 Å². The summed E-state index contributed by atoms with van der Waals surface area (Å²) in [6.45, 7) is 2.44. The van der Waals surface area contributed by atoms with Crippen LogP contribution in [0.5, 0.6) is 0 Å². The van der Waals surface area contributed by atoms with Crippen LogP contribution >= 0.6 is 11.3 Å². The number of aliphatic carboxylic acids is 1. The van der Waals surface area contributed by atoms with E-state index in [1.54, 1.807) is 0 Å². The van der Waals surface area contributed by atoms with Crippen molar-refractivity contribution in [1.29, 1.82) is 0 Å². The Morgan fingerprint density at radius 2 is 1.77 bits per heavy atom. The number of benzene rings is 2. The van der Waals surface area contributed by atoms with Crippen LogP contribution < -0.4 is 5.32 Å². The summed E-state index contributed by atoms with van der Waals surface area (Å²) in [5, 5.41) is 12.7. The van der Waals surface area contributed by atoms with Crippen LogP contribution in [-0.2, 0) is 23.9 Å². The smallest absolute Gasteiger partial charge is 0.416 e. The molecule has 0 aliphatic heterocycles. The molecule has 1 heterocycles. The summed E-state index contributed by atoms with van der Waals surface area (Å²) in [5.41, 5.74) is 2.84. The highest BCUT2D eigenvalue weighted by Gasteiger charge is 2.30. The van der Waals surface area contributed by atoms with Crippen molar-refractivity contribution in [3.63, 3.8) is 0 Å². The van der Waals surface area contributed by atoms with Crippen molar-refractivity contribution in [2.45, 2.75) is 38.9 Å². The third-order valence-electron chi connectivity index (χ3n) is 4.61. The van der Waals surface area contributed by atoms with E-state index in [1.165, 1.54) is 23.5 Å². The molecule has 0 radical (unpaired) electrons. The van der Waals surface area contributed by atoms with E-state index in [0.717, 1.165) is 40.4 Å². The monoisotopic (exact) mass is 434 g/mol. The van der Waals surface area contributed by atoms with Gasteiger partial charge >= 0.3 is 12.1 Å². The van der Waals surface area contributed by atoms with Crippen LogP contribution in [0.3, 0.4) is 0 Å². The first kappa shape index (κ1) is 21.8. The van der Waals surface area contributed by atoms with Gasteiger partial charge in [0.15, 0.2) is 0 Å². The van der Waals surface area contributed by atoms with Gasteiger partial charge < -0.3 is 10.4 Å². The molecule has 0 saturated carbocycles. The number of aryl methyl sites for hydroxylation is 2. The minimum Gasteiger partial charge on any atom is -0.481 e. The normalized spacial score (nSPS) is 11.5. The van der Waals surface area contributed by atoms with Crippen LogP contribution in [0.2, 0.25) is 0 Å². The summed E-state index contributed by atoms with van der Waals surface area (Å²) in [6.07, 6.45) is -2.87. The van der Waals surface area contributed by atoms with E-state index in [0.29, 0.717) is 23.5 Å². The van der Waals surface area contributed by atoms with Crippen molar-refractivity contribution < 1.29 is 23.1 Å². The lowest BCUT2D eigenvalue weighted by Crippen LogP contribution is -2.03. The maximum Gasteiger partial charge on any atom is 0.416 e. The molecule has 0 unspecified atom stereocenters. The maximum absolute atomic E-state index is 12.7. The van der Waals surface area contributed by atoms with Crippen molar-refractivity contribution in [1.82, 2.24) is 4.98 Å². The molecule has 0 saturated heterocycles. The number of nitrogens with one attached hydrogen (secondary N) is 1. The molecule has 0 spiro atoms. The van der Waals surface area contributed by atoms with Crippen molar-refractivity contribution in [2.24, 2.45) is 0 Å². The predicted octanol–water partition coefficient (Wildman–Crippen LogP) is 6.16. The lowest BCUT2D eigenvalue weighted by molar-refractivity contribution is -0.138. The van der Waals surface area contributed by atoms with E-state index in [2.05, 4.69) is 10.3 Å². The van der Waals surface area contributed by atoms with Crippen molar-refractivity contribution in [3.8, 4) is 10.6 Å². The molecular formula is C22H21F3N2O2S. The minimum atomic E-state index is -4.35. The molecule has 30 heavy (non-hydrogen) atoms. The number of rotatable bonds is 8. The highest BCUT2D eigenvalue weighted by atomic mass is 32.1. The number of anilines is 1. The second-order valence-electron chi connectivity index (χ2n) is 6.90. The molecule has 0 amide bonds. The number of nitrogens with zero attached hydrogens (tertiary/aromatic N) is 1. The number of carboxylic acid groups (broad SMARTS) is 1. The van der Waals surface area contributed by atoms with Gasteiger partial charge in [-0.05, 0) is 49.6 Å². The van der Waals surface area contributed by atoms with Crippen LogP contribution in [-0.4, -0.2) is 16.1 Å². The standard InChI is InChI=1S/C22H21F3N2O2S/c1-14-19(13-26-18-11-5-15(6-12-18)3-2-4-20(28)29)30-21(27-14)16-7-9-17(10-8-16)22(23,24)25/h5-12,26H,2-4,13H2,1H3,(H,28,29). The average molecular weight is 434 g/mol. The Morgan fingerprint density at radius 1 is 1.10 bits per heavy atom. The molecule has 4 nitrogen and oxygen atoms in total. The van der Waals surface area contributed by atoms with Crippen LogP contribution in [0.25, 0.3) is 10.6 Å². The van der Waals surface area contributed by atoms with Gasteiger partial charge in [-0.2, -0.15) is 13.2 Å². The topological polar surface area (TPSA) is 62.2 Å². The summed E-state index contributed by atoms with van der Waals surface area (Å²) in [7, 11) is 0. The van der Waals surface area contributed by atoms with E-state index in [-0.39, 0.29) is 6.42 Å². The number of alkyl halides is 3. The van der Waals surface area contributed by atoms with E-state index in [9.17, 15) is 18.0 Å². The Bertz CT molecular complexity index is 997. The fraction of sp³-hybridized carbons (Fsp3) is 0.273. The molecule has 0 aliphatic rings. The second kappa shape index (κ2) is 9.30. The third kappa shape index (κ3) is 5.82. The van der Waals surface area contributed by atoms with Crippen LogP contribution in [0.15, 0.2) is 48.5 Å². The first-order valence-corrected chi connectivity index (χ1v) is 10.2. The minimum absolute atomic E-state index is 0.159. The first-order valence-electron chi connectivity index (χ1n) is 9.41. The molecule has 158 valence electrons. The molecule has 0 aliphatic carbocycles. The first-order chi connectivity index (χ1) is 14.2. The fourth-order valence-electron chi connectivity index (χ4n) is 2.93. The van der Waals surface area contributed by atoms with Crippen LogP contribution in [0.1, 0.15) is 34.5 Å². The summed E-state index contributed by atoms with van der Waals surface area (Å²) in [4.78, 5) is 16.1. The van der Waals surface area contributed by atoms with Gasteiger partial charge in [0, 0.05) is 22.5 Å². The molecule has 2 aromatic carbocycles. The lowest BCUT2D eigenvalue weighted by Gasteiger charge is -2.07. The summed E-state index contributed by atoms with van der Waals surface area (Å²) >= 11 is 1.45. The molecule has 0 fully saturated rings. The van der Waals surface area contributed by atoms with Gasteiger partial charge in [-0.3, -0.25) is 4.79 Å². The Morgan fingerprint density at radius 3 is 2.37 bits per heavy atom. The highest BCUT2D eigenvalue weighted by molar-refractivity contribution is 7.15. The fourth-order valence-corrected chi connectivity index (χ4v) is 3.94. The molecule has 3 rings (SSSR count). The second-order valence-corrected chi connectivity index (χ2v) is 7.98. The molecule has 1 aromatic heterocycles. The maximum atomic E-state index is 12.7. The number of thiazole rings is 1. The van der Waals surface area contributed by atoms with Crippen molar-refractivity contribution in [2.75, 3.05) is 5.32 Å². The van der Waals surface area contributed by atoms with Gasteiger partial charge in [-0.15, -0.1) is 11.3 Å². The zero-order valence-electron chi connectivity index (χ0n) is 16.3. The van der Waals surface area contributed by atoms with Gasteiger partial charge in [0.05, 0.1) is 17.8 Å². The molecule has 2 N–H and O–H groups in total. The number of hydrogen-bond acceptors (Lipinski definition) is 4. The van der Waals surface area contributed by atoms with Gasteiger partial charge in [0.25, 0.3) is 0 Å². The zero-order chi connectivity index (χ0) is 21.7. The zero-order valence-corrected chi connectivity index (χ0v) is 17.1. The average Bonchev–Trinajstić information content (AvgIpc) is 3.07. The molecular weight excluding hydrogens is 413 g/mol. The number of halogens is 3. The molecule has 0 bridgehead atoms. The number of carbonyl (C=O) groups is 1. The predicted molar refractivity (Wildman–Crippen MR) is 112 cm³/mol. The van der Waals surface area contributed by atoms with Gasteiger partial charge in [-0.25, -0.2) is 4.98 Å². The number of carboxylic acids is 1. The van der Waals surface area contributed by atoms with E-state index >= 15 is 0 Å². The van der Waals surface area contributed by atoms with Gasteiger partial charge in [0.1, 0.15) is 5.01 Å². The third-order valence-corrected chi connectivity index (χ3v) is 5.82. The summed E-state index contributed by atoms with van der Waals surface area (Å²) in [6, 6.07) is 12.9. The number of hydrogen-bond donors (Lipinski definition) is 2. The SMILES string of the molecule is Cc1nc(-c2ccc(C(F)(F)F)cc2)sc1CNc1ccc(CCCC(=O)O)cc1. The van der Waals surface area contributed by atoms with Gasteiger partial charge in [-0.1, -0.05) is 24.3 Å². The quantitative estimate of drug-likeness (QED) is 0.446. The van der Waals surface area contributed by atoms with Crippen LogP contribution in [0.4, 0.5) is 18.9 Å². The number of aromatic nitrogens is 1. The summed E-state index contributed by atoms with van der Waals surface area (Å²) < 4.78 is 38.2. The van der Waals surface area contributed by atoms with E-state index < -0.39 is 17.7 Å². The Kier molecular flexibility index (Phi) is 6.77. The lowest BCUT2D eigenvalue weighted by atomic mass is 10.1.